The van der Waals surface area contributed by atoms with Gasteiger partial charge in [-0.1, -0.05) is 49.4 Å². The van der Waals surface area contributed by atoms with Gasteiger partial charge in [0.25, 0.3) is 0 Å². The number of nitrogens with zero attached hydrogens (tertiary/aromatic N) is 1. The smallest absolute Gasteiger partial charge is 0.334 e. The fourth-order valence-electron chi connectivity index (χ4n) is 2.93. The molecule has 2 amide bonds. The van der Waals surface area contributed by atoms with E-state index in [1.54, 1.807) is 24.3 Å². The summed E-state index contributed by atoms with van der Waals surface area (Å²) in [6, 6.07) is 15.6. The maximum Gasteiger partial charge on any atom is 0.357 e. The van der Waals surface area contributed by atoms with Gasteiger partial charge in [-0.3, -0.25) is 9.27 Å². The van der Waals surface area contributed by atoms with E-state index in [4.69, 9.17) is 4.55 Å². The predicted molar refractivity (Wildman–Crippen MR) is 121 cm³/mol. The van der Waals surface area contributed by atoms with Gasteiger partial charge in [0.1, 0.15) is 5.01 Å². The van der Waals surface area contributed by atoms with Crippen molar-refractivity contribution >= 4 is 33.4 Å². The van der Waals surface area contributed by atoms with Crippen LogP contribution in [-0.4, -0.2) is 24.0 Å². The number of hydrogen-bond acceptors (Lipinski definition) is 5. The van der Waals surface area contributed by atoms with Crippen molar-refractivity contribution in [1.29, 1.82) is 0 Å². The number of carbonyl (C=O) groups excluding carboxylic acids is 1. The lowest BCUT2D eigenvalue weighted by Gasteiger charge is -2.18. The Bertz CT molecular complexity index is 1100. The van der Waals surface area contributed by atoms with E-state index in [-0.39, 0.29) is 17.8 Å². The number of nitrogens with one attached hydrogen (secondary N) is 3. The van der Waals surface area contributed by atoms with Gasteiger partial charge in [0.2, 0.25) is 0 Å². The molecule has 0 radical (unpaired) electrons. The number of rotatable bonds is 9. The molecule has 3 aromatic rings. The summed E-state index contributed by atoms with van der Waals surface area (Å²) >= 11 is 1.49. The fourth-order valence-corrected chi connectivity index (χ4v) is 4.31. The Morgan fingerprint density at radius 3 is 2.42 bits per heavy atom. The summed E-state index contributed by atoms with van der Waals surface area (Å²) in [5.74, 6) is 0. The van der Waals surface area contributed by atoms with Crippen molar-refractivity contribution in [2.75, 3.05) is 4.72 Å². The summed E-state index contributed by atoms with van der Waals surface area (Å²) in [7, 11) is -4.33. The Kier molecular flexibility index (Phi) is 7.61. The van der Waals surface area contributed by atoms with Crippen LogP contribution in [0.4, 0.5) is 10.5 Å². The predicted octanol–water partition coefficient (Wildman–Crippen LogP) is 3.70. The number of anilines is 1. The molecule has 164 valence electrons. The quantitative estimate of drug-likeness (QED) is 0.363. The van der Waals surface area contributed by atoms with E-state index in [0.29, 0.717) is 13.0 Å². The molecule has 1 heterocycles. The van der Waals surface area contributed by atoms with Crippen LogP contribution >= 0.6 is 11.3 Å². The first-order chi connectivity index (χ1) is 14.8. The van der Waals surface area contributed by atoms with Gasteiger partial charge < -0.3 is 10.6 Å². The zero-order chi connectivity index (χ0) is 22.3. The molecule has 1 atom stereocenters. The Labute approximate surface area is 185 Å². The van der Waals surface area contributed by atoms with Crippen LogP contribution in [0.15, 0.2) is 60.0 Å². The number of aryl methyl sites for hydroxylation is 1. The third-order valence-corrected chi connectivity index (χ3v) is 5.97. The summed E-state index contributed by atoms with van der Waals surface area (Å²) in [6.07, 6.45) is 1.28. The summed E-state index contributed by atoms with van der Waals surface area (Å²) in [5.41, 5.74) is 3.09. The minimum Gasteiger partial charge on any atom is -0.334 e. The number of amides is 2. The molecule has 2 aromatic carbocycles. The summed E-state index contributed by atoms with van der Waals surface area (Å²) in [6.45, 7) is 2.43. The molecule has 1 unspecified atom stereocenters. The highest BCUT2D eigenvalue weighted by Crippen LogP contribution is 2.23. The molecule has 0 aliphatic carbocycles. The van der Waals surface area contributed by atoms with E-state index >= 15 is 0 Å². The number of carbonyl (C=O) groups is 1. The van der Waals surface area contributed by atoms with Crippen molar-refractivity contribution in [2.45, 2.75) is 32.4 Å². The largest absolute Gasteiger partial charge is 0.357 e. The molecule has 0 saturated carbocycles. The first kappa shape index (κ1) is 22.7. The van der Waals surface area contributed by atoms with Gasteiger partial charge in [-0.2, -0.15) is 8.42 Å². The molecule has 3 rings (SSSR count). The number of urea groups is 1. The molecule has 1 aromatic heterocycles. The Morgan fingerprint density at radius 1 is 1.10 bits per heavy atom. The average Bonchev–Trinajstić information content (AvgIpc) is 3.22. The maximum absolute atomic E-state index is 12.5. The van der Waals surface area contributed by atoms with Gasteiger partial charge in [-0.05, 0) is 36.1 Å². The van der Waals surface area contributed by atoms with Crippen LogP contribution in [0.3, 0.4) is 0 Å². The van der Waals surface area contributed by atoms with Crippen molar-refractivity contribution in [3.63, 3.8) is 0 Å². The normalized spacial score (nSPS) is 12.2. The zero-order valence-corrected chi connectivity index (χ0v) is 18.5. The van der Waals surface area contributed by atoms with Gasteiger partial charge in [-0.15, -0.1) is 11.3 Å². The first-order valence-corrected chi connectivity index (χ1v) is 12.0. The zero-order valence-electron chi connectivity index (χ0n) is 16.9. The van der Waals surface area contributed by atoms with E-state index in [1.807, 2.05) is 47.4 Å². The molecule has 0 bridgehead atoms. The van der Waals surface area contributed by atoms with E-state index in [2.05, 4.69) is 15.6 Å². The second-order valence-corrected chi connectivity index (χ2v) is 8.92. The molecule has 0 saturated heterocycles. The molecule has 8 nitrogen and oxygen atoms in total. The van der Waals surface area contributed by atoms with Gasteiger partial charge in [0.05, 0.1) is 17.4 Å². The van der Waals surface area contributed by atoms with Gasteiger partial charge in [0, 0.05) is 11.9 Å². The molecule has 4 N–H and O–H groups in total. The van der Waals surface area contributed by atoms with Crippen molar-refractivity contribution in [1.82, 2.24) is 15.6 Å². The molecule has 31 heavy (non-hydrogen) atoms. The molecule has 0 fully saturated rings. The van der Waals surface area contributed by atoms with Crippen LogP contribution < -0.4 is 15.4 Å². The monoisotopic (exact) mass is 460 g/mol. The van der Waals surface area contributed by atoms with Gasteiger partial charge in [0.15, 0.2) is 0 Å². The first-order valence-electron chi connectivity index (χ1n) is 9.69. The lowest BCUT2D eigenvalue weighted by Crippen LogP contribution is -2.38. The van der Waals surface area contributed by atoms with Crippen molar-refractivity contribution in [2.24, 2.45) is 0 Å². The van der Waals surface area contributed by atoms with Crippen molar-refractivity contribution in [3.05, 3.63) is 81.8 Å². The number of aromatic nitrogens is 1. The highest BCUT2D eigenvalue weighted by Gasteiger charge is 2.19. The molecule has 10 heteroatoms. The van der Waals surface area contributed by atoms with Crippen molar-refractivity contribution in [3.8, 4) is 0 Å². The lowest BCUT2D eigenvalue weighted by molar-refractivity contribution is 0.236. The van der Waals surface area contributed by atoms with Gasteiger partial charge >= 0.3 is 16.3 Å². The fraction of sp³-hybridized carbons (Fsp3) is 0.238. The minimum absolute atomic E-state index is 0.249. The Hall–Kier alpha value is -2.95. The van der Waals surface area contributed by atoms with Crippen LogP contribution in [0.1, 0.15) is 34.8 Å². The number of thiazole rings is 1. The third-order valence-electron chi connectivity index (χ3n) is 4.47. The molecular formula is C21H24N4O4S2. The van der Waals surface area contributed by atoms with Crippen LogP contribution in [0.25, 0.3) is 0 Å². The Morgan fingerprint density at radius 2 is 1.81 bits per heavy atom. The van der Waals surface area contributed by atoms with E-state index < -0.39 is 10.3 Å². The Balaban J connectivity index is 1.69. The highest BCUT2D eigenvalue weighted by atomic mass is 32.2. The molecule has 0 spiro atoms. The topological polar surface area (TPSA) is 120 Å². The lowest BCUT2D eigenvalue weighted by atomic mass is 10.1. The van der Waals surface area contributed by atoms with E-state index in [9.17, 15) is 13.2 Å². The average molecular weight is 461 g/mol. The SMILES string of the molecule is CCc1csc(C(Cc2ccc(NS(=O)(=O)O)cc2)NC(=O)NCc2ccccc2)n1. The minimum atomic E-state index is -4.33. The molecule has 0 aliphatic heterocycles. The second-order valence-electron chi connectivity index (χ2n) is 6.87. The molecule has 0 aliphatic rings. The standard InChI is InChI=1S/C21H24N4O4S2/c1-2-17-14-30-20(23-17)19(24-21(26)22-13-16-6-4-3-5-7-16)12-15-8-10-18(11-9-15)25-31(27,28)29/h3-11,14,19,25H,2,12-13H2,1H3,(H2,22,24,26)(H,27,28,29). The number of benzene rings is 2. The number of hydrogen-bond donors (Lipinski definition) is 4. The summed E-state index contributed by atoms with van der Waals surface area (Å²) in [4.78, 5) is 17.1. The third kappa shape index (κ3) is 7.35. The maximum atomic E-state index is 12.5. The van der Waals surface area contributed by atoms with Crippen LogP contribution in [0.2, 0.25) is 0 Å². The summed E-state index contributed by atoms with van der Waals surface area (Å²) in [5, 5.41) is 8.63. The van der Waals surface area contributed by atoms with Crippen LogP contribution in [0.5, 0.6) is 0 Å². The van der Waals surface area contributed by atoms with Gasteiger partial charge in [-0.25, -0.2) is 9.78 Å². The summed E-state index contributed by atoms with van der Waals surface area (Å²) < 4.78 is 32.8. The highest BCUT2D eigenvalue weighted by molar-refractivity contribution is 7.87. The van der Waals surface area contributed by atoms with Crippen LogP contribution in [-0.2, 0) is 29.7 Å². The molecular weight excluding hydrogens is 436 g/mol. The van der Waals surface area contributed by atoms with E-state index in [0.717, 1.165) is 28.2 Å². The van der Waals surface area contributed by atoms with Crippen LogP contribution in [0, 0.1) is 0 Å². The second kappa shape index (κ2) is 10.4. The van der Waals surface area contributed by atoms with Crippen molar-refractivity contribution < 1.29 is 17.8 Å². The van der Waals surface area contributed by atoms with E-state index in [1.165, 1.54) is 11.3 Å².